The number of hydrogen-bond acceptors (Lipinski definition) is 2. The highest BCUT2D eigenvalue weighted by Gasteiger charge is 2.27. The molecule has 0 aromatic carbocycles. The minimum absolute atomic E-state index is 0.202. The molecule has 0 amide bonds. The number of nitrogens with one attached hydrogen (secondary N) is 1. The third-order valence-electron chi connectivity index (χ3n) is 4.58. The van der Waals surface area contributed by atoms with Crippen LogP contribution in [-0.4, -0.2) is 23.8 Å². The molecule has 1 saturated carbocycles. The Labute approximate surface area is 114 Å². The van der Waals surface area contributed by atoms with Gasteiger partial charge in [0.15, 0.2) is 0 Å². The fraction of sp³-hybridized carbons (Fsp3) is 1.00. The quantitative estimate of drug-likeness (QED) is 0.753. The van der Waals surface area contributed by atoms with E-state index >= 15 is 0 Å². The monoisotopic (exact) mass is 255 g/mol. The predicted octanol–water partition coefficient (Wildman–Crippen LogP) is 3.59. The van der Waals surface area contributed by atoms with Crippen molar-refractivity contribution >= 4 is 0 Å². The fourth-order valence-electron chi connectivity index (χ4n) is 2.89. The Bertz CT molecular complexity index is 232. The zero-order valence-electron chi connectivity index (χ0n) is 13.0. The van der Waals surface area contributed by atoms with Crippen molar-refractivity contribution in [3.63, 3.8) is 0 Å². The van der Waals surface area contributed by atoms with Crippen molar-refractivity contribution in [3.8, 4) is 0 Å². The lowest BCUT2D eigenvalue weighted by atomic mass is 9.76. The predicted molar refractivity (Wildman–Crippen MR) is 78.7 cm³/mol. The molecule has 108 valence electrons. The molecule has 0 bridgehead atoms. The van der Waals surface area contributed by atoms with Crippen LogP contribution in [0.25, 0.3) is 0 Å². The Hall–Kier alpha value is -0.0800. The van der Waals surface area contributed by atoms with E-state index in [9.17, 15) is 5.11 Å². The molecule has 18 heavy (non-hydrogen) atoms. The zero-order valence-corrected chi connectivity index (χ0v) is 13.0. The largest absolute Gasteiger partial charge is 0.392 e. The van der Waals surface area contributed by atoms with Crippen LogP contribution in [0.3, 0.4) is 0 Å². The van der Waals surface area contributed by atoms with Gasteiger partial charge in [-0.3, -0.25) is 0 Å². The first-order valence-electron chi connectivity index (χ1n) is 7.72. The van der Waals surface area contributed by atoms with Crippen molar-refractivity contribution < 1.29 is 5.11 Å². The van der Waals surface area contributed by atoms with E-state index in [1.807, 2.05) is 0 Å². The van der Waals surface area contributed by atoms with E-state index in [-0.39, 0.29) is 6.10 Å². The van der Waals surface area contributed by atoms with Gasteiger partial charge in [-0.05, 0) is 42.9 Å². The summed E-state index contributed by atoms with van der Waals surface area (Å²) in [6.45, 7) is 12.0. The van der Waals surface area contributed by atoms with Gasteiger partial charge in [0.1, 0.15) is 0 Å². The second-order valence-corrected chi connectivity index (χ2v) is 7.49. The van der Waals surface area contributed by atoms with Gasteiger partial charge in [0.2, 0.25) is 0 Å². The molecule has 0 aromatic heterocycles. The lowest BCUT2D eigenvalue weighted by Gasteiger charge is -2.29. The zero-order chi connectivity index (χ0) is 13.8. The Morgan fingerprint density at radius 2 is 1.78 bits per heavy atom. The standard InChI is InChI=1S/C16H33NO/c1-12(2)15(18)11-17-14-8-6-7-13(9-10-14)16(3,4)5/h12-15,17-18H,6-11H2,1-5H3. The van der Waals surface area contributed by atoms with Gasteiger partial charge < -0.3 is 10.4 Å². The second kappa shape index (κ2) is 6.91. The summed E-state index contributed by atoms with van der Waals surface area (Å²) in [5.41, 5.74) is 0.451. The molecule has 0 heterocycles. The summed E-state index contributed by atoms with van der Waals surface area (Å²) >= 11 is 0. The maximum atomic E-state index is 9.85. The molecule has 3 unspecified atom stereocenters. The van der Waals surface area contributed by atoms with E-state index in [1.54, 1.807) is 0 Å². The highest BCUT2D eigenvalue weighted by atomic mass is 16.3. The molecule has 0 spiro atoms. The summed E-state index contributed by atoms with van der Waals surface area (Å²) in [5, 5.41) is 13.4. The summed E-state index contributed by atoms with van der Waals surface area (Å²) in [5.74, 6) is 1.21. The molecule has 1 rings (SSSR count). The summed E-state index contributed by atoms with van der Waals surface area (Å²) < 4.78 is 0. The summed E-state index contributed by atoms with van der Waals surface area (Å²) in [6, 6.07) is 0.616. The van der Waals surface area contributed by atoms with Gasteiger partial charge in [0.05, 0.1) is 6.10 Å². The molecule has 1 aliphatic rings. The van der Waals surface area contributed by atoms with Crippen LogP contribution >= 0.6 is 0 Å². The van der Waals surface area contributed by atoms with Crippen molar-refractivity contribution in [2.24, 2.45) is 17.3 Å². The van der Waals surface area contributed by atoms with Crippen molar-refractivity contribution in [1.82, 2.24) is 5.32 Å². The first-order chi connectivity index (χ1) is 8.30. The SMILES string of the molecule is CC(C)C(O)CNC1CCCC(C(C)(C)C)CC1. The van der Waals surface area contributed by atoms with Gasteiger partial charge in [0.25, 0.3) is 0 Å². The van der Waals surface area contributed by atoms with Crippen molar-refractivity contribution in [1.29, 1.82) is 0 Å². The average Bonchev–Trinajstić information content (AvgIpc) is 2.50. The van der Waals surface area contributed by atoms with Gasteiger partial charge >= 0.3 is 0 Å². The van der Waals surface area contributed by atoms with E-state index in [1.165, 1.54) is 32.1 Å². The van der Waals surface area contributed by atoms with Crippen LogP contribution < -0.4 is 5.32 Å². The van der Waals surface area contributed by atoms with Crippen LogP contribution in [-0.2, 0) is 0 Å². The van der Waals surface area contributed by atoms with Gasteiger partial charge in [0, 0.05) is 12.6 Å². The molecule has 2 heteroatoms. The first kappa shape index (κ1) is 16.0. The number of aliphatic hydroxyl groups is 1. The molecular formula is C16H33NO. The highest BCUT2D eigenvalue weighted by molar-refractivity contribution is 4.81. The van der Waals surface area contributed by atoms with E-state index < -0.39 is 0 Å². The topological polar surface area (TPSA) is 32.3 Å². The maximum Gasteiger partial charge on any atom is 0.0687 e. The Kier molecular flexibility index (Phi) is 6.13. The Balaban J connectivity index is 2.34. The number of rotatable bonds is 4. The van der Waals surface area contributed by atoms with Crippen molar-refractivity contribution in [3.05, 3.63) is 0 Å². The third-order valence-corrected chi connectivity index (χ3v) is 4.58. The third kappa shape index (κ3) is 5.27. The Morgan fingerprint density at radius 3 is 2.33 bits per heavy atom. The number of aliphatic hydroxyl groups excluding tert-OH is 1. The fourth-order valence-corrected chi connectivity index (χ4v) is 2.89. The van der Waals surface area contributed by atoms with Crippen LogP contribution in [0.4, 0.5) is 0 Å². The van der Waals surface area contributed by atoms with Crippen molar-refractivity contribution in [2.75, 3.05) is 6.54 Å². The Morgan fingerprint density at radius 1 is 1.11 bits per heavy atom. The van der Waals surface area contributed by atoms with Crippen LogP contribution in [0.2, 0.25) is 0 Å². The van der Waals surface area contributed by atoms with Crippen LogP contribution in [0, 0.1) is 17.3 Å². The average molecular weight is 255 g/mol. The highest BCUT2D eigenvalue weighted by Crippen LogP contribution is 2.36. The summed E-state index contributed by atoms with van der Waals surface area (Å²) in [6.07, 6.45) is 6.38. The number of hydrogen-bond donors (Lipinski definition) is 2. The molecule has 1 fully saturated rings. The maximum absolute atomic E-state index is 9.85. The van der Waals surface area contributed by atoms with E-state index in [2.05, 4.69) is 39.9 Å². The van der Waals surface area contributed by atoms with Gasteiger partial charge in [-0.25, -0.2) is 0 Å². The molecule has 2 nitrogen and oxygen atoms in total. The second-order valence-electron chi connectivity index (χ2n) is 7.49. The molecule has 3 atom stereocenters. The molecular weight excluding hydrogens is 222 g/mol. The van der Waals surface area contributed by atoms with Gasteiger partial charge in [-0.15, -0.1) is 0 Å². The molecule has 0 aliphatic heterocycles. The molecule has 0 aromatic rings. The molecule has 0 saturated heterocycles. The van der Waals surface area contributed by atoms with E-state index in [0.717, 1.165) is 12.5 Å². The first-order valence-corrected chi connectivity index (χ1v) is 7.72. The minimum Gasteiger partial charge on any atom is -0.392 e. The van der Waals surface area contributed by atoms with Crippen LogP contribution in [0.15, 0.2) is 0 Å². The molecule has 2 N–H and O–H groups in total. The summed E-state index contributed by atoms with van der Waals surface area (Å²) in [7, 11) is 0. The van der Waals surface area contributed by atoms with Crippen LogP contribution in [0.1, 0.15) is 66.7 Å². The molecule has 0 radical (unpaired) electrons. The lowest BCUT2D eigenvalue weighted by molar-refractivity contribution is 0.119. The van der Waals surface area contributed by atoms with Gasteiger partial charge in [-0.1, -0.05) is 41.0 Å². The summed E-state index contributed by atoms with van der Waals surface area (Å²) in [4.78, 5) is 0. The smallest absolute Gasteiger partial charge is 0.0687 e. The normalized spacial score (nSPS) is 28.2. The minimum atomic E-state index is -0.202. The lowest BCUT2D eigenvalue weighted by Crippen LogP contribution is -2.37. The van der Waals surface area contributed by atoms with E-state index in [4.69, 9.17) is 0 Å². The van der Waals surface area contributed by atoms with Crippen molar-refractivity contribution in [2.45, 2.75) is 78.9 Å². The molecule has 1 aliphatic carbocycles. The van der Waals surface area contributed by atoms with Gasteiger partial charge in [-0.2, -0.15) is 0 Å². The van der Waals surface area contributed by atoms with Crippen LogP contribution in [0.5, 0.6) is 0 Å². The van der Waals surface area contributed by atoms with E-state index in [0.29, 0.717) is 17.4 Å².